The van der Waals surface area contributed by atoms with Crippen LogP contribution in [-0.4, -0.2) is 207 Å². The van der Waals surface area contributed by atoms with Gasteiger partial charge in [0.1, 0.15) is 12.4 Å². The monoisotopic (exact) mass is 1860 g/mol. The number of likely N-dealkylation sites (tertiary alicyclic amines) is 4. The van der Waals surface area contributed by atoms with Crippen LogP contribution in [0, 0.1) is 134 Å². The van der Waals surface area contributed by atoms with E-state index in [9.17, 15) is 44.4 Å². The van der Waals surface area contributed by atoms with Gasteiger partial charge in [-0.3, -0.25) is 19.3 Å². The van der Waals surface area contributed by atoms with E-state index >= 15 is 0 Å². The average Bonchev–Trinajstić information content (AvgIpc) is 1.69. The molecule has 1 aromatic heterocycles. The SMILES string of the molecule is CC.CC.CC(C)(C)C1CCN(CCC(F)(F)F)CC1.CC(C)(C)C1CCN(CCO)CC1.CC(C)C1CCC(CC(=O)OC2CCCC2)CC1.CC(C)C1CCC(CC(=O)OCC2(C)CC2)CC1.CC(C)C1CCN(Cc2cncnc2)CC1C.CC(C)C1CCN(S(C)(=O)=O)CC1C.CC1CCC(N(C)S(=O)(=O)C2CC2)CC1.C[C@@H]1CCCN(C(=O)C2CC2C#N)C1. The Bertz CT molecular complexity index is 3480. The summed E-state index contributed by atoms with van der Waals surface area (Å²) in [5, 5.41) is 17.4. The molecule has 7 saturated carbocycles. The summed E-state index contributed by atoms with van der Waals surface area (Å²) in [5.41, 5.74) is 2.30. The highest BCUT2D eigenvalue weighted by atomic mass is 32.2. The molecular formula is C105H194F3N9O10S2. The van der Waals surface area contributed by atoms with Crippen molar-refractivity contribution in [3.63, 3.8) is 0 Å². The fraction of sp³-hybridized carbons (Fsp3) is 0.924. The minimum Gasteiger partial charge on any atom is -0.465 e. The van der Waals surface area contributed by atoms with Gasteiger partial charge >= 0.3 is 18.1 Å². The van der Waals surface area contributed by atoms with Crippen LogP contribution in [-0.2, 0) is 50.4 Å². The van der Waals surface area contributed by atoms with Crippen molar-refractivity contribution in [2.24, 2.45) is 123 Å². The van der Waals surface area contributed by atoms with Gasteiger partial charge in [-0.25, -0.2) is 35.4 Å². The summed E-state index contributed by atoms with van der Waals surface area (Å²) in [6, 6.07) is 2.44. The van der Waals surface area contributed by atoms with Crippen LogP contribution in [0.5, 0.6) is 0 Å². The normalized spacial score (nSPS) is 28.0. The van der Waals surface area contributed by atoms with E-state index < -0.39 is 32.6 Å². The molecule has 19 nitrogen and oxygen atoms in total. The molecule has 1 N–H and O–H groups in total. The molecule has 0 spiro atoms. The number of aromatic nitrogens is 2. The average molecular weight is 1860 g/mol. The number of nitriles is 1. The first-order chi connectivity index (χ1) is 60.6. The lowest BCUT2D eigenvalue weighted by Gasteiger charge is -2.38. The molecule has 1 amide bonds. The summed E-state index contributed by atoms with van der Waals surface area (Å²) < 4.78 is 97.0. The molecule has 7 atom stereocenters. The van der Waals surface area contributed by atoms with Gasteiger partial charge in [-0.15, -0.1) is 0 Å². The van der Waals surface area contributed by atoms with Gasteiger partial charge < -0.3 is 29.3 Å². The van der Waals surface area contributed by atoms with Crippen molar-refractivity contribution in [3.8, 4) is 6.07 Å². The lowest BCUT2D eigenvalue weighted by atomic mass is 9.75. The quantitative estimate of drug-likeness (QED) is 0.106. The number of hydrogen-bond donors (Lipinski definition) is 1. The predicted octanol–water partition coefficient (Wildman–Crippen LogP) is 23.5. The zero-order valence-electron chi connectivity index (χ0n) is 86.7. The zero-order chi connectivity index (χ0) is 96.8. The fourth-order valence-electron chi connectivity index (χ4n) is 21.1. The Labute approximate surface area is 788 Å². The van der Waals surface area contributed by atoms with Crippen LogP contribution in [0.4, 0.5) is 13.2 Å². The van der Waals surface area contributed by atoms with Gasteiger partial charge in [-0.2, -0.15) is 18.4 Å². The zero-order valence-corrected chi connectivity index (χ0v) is 88.3. The first kappa shape index (κ1) is 118. The van der Waals surface area contributed by atoms with Crippen LogP contribution in [0.1, 0.15) is 370 Å². The number of nitrogens with zero attached hydrogens (tertiary/aromatic N) is 9. The molecule has 5 saturated heterocycles. The second-order valence-electron chi connectivity index (χ2n) is 45.1. The Morgan fingerprint density at radius 1 is 0.574 bits per heavy atom. The number of β-amino-alcohol motifs (C(OH)–C–C–N with tert-alkyl or cyclic N) is 1. The van der Waals surface area contributed by atoms with Crippen molar-refractivity contribution in [3.05, 3.63) is 24.3 Å². The van der Waals surface area contributed by atoms with Gasteiger partial charge in [-0.1, -0.05) is 159 Å². The number of carbonyl (C=O) groups excluding carboxylic acids is 3. The number of piperidine rings is 5. The number of rotatable bonds is 22. The van der Waals surface area contributed by atoms with Crippen LogP contribution in [0.15, 0.2) is 18.7 Å². The van der Waals surface area contributed by atoms with Crippen LogP contribution in [0.25, 0.3) is 0 Å². The molecule has 752 valence electrons. The van der Waals surface area contributed by atoms with Gasteiger partial charge in [0.25, 0.3) is 0 Å². The summed E-state index contributed by atoms with van der Waals surface area (Å²) in [6.07, 6.45) is 37.1. The predicted molar refractivity (Wildman–Crippen MR) is 525 cm³/mol. The number of esters is 2. The number of sulfonamides is 2. The first-order valence-corrected chi connectivity index (χ1v) is 55.5. The van der Waals surface area contributed by atoms with Crippen molar-refractivity contribution >= 4 is 37.9 Å². The van der Waals surface area contributed by atoms with E-state index in [1.165, 1.54) is 154 Å². The summed E-state index contributed by atoms with van der Waals surface area (Å²) >= 11 is 0. The minimum atomic E-state index is -4.01. The molecule has 1 aromatic rings. The number of ether oxygens (including phenoxy) is 2. The van der Waals surface area contributed by atoms with Crippen molar-refractivity contribution in [1.82, 2.24) is 38.2 Å². The summed E-state index contributed by atoms with van der Waals surface area (Å²) in [7, 11) is -4.15. The highest BCUT2D eigenvalue weighted by Crippen LogP contribution is 2.46. The minimum absolute atomic E-state index is 0.0136. The maximum absolute atomic E-state index is 12.0. The number of aliphatic hydroxyl groups excluding tert-OH is 1. The Balaban J connectivity index is 0.000000308. The molecule has 24 heteroatoms. The third kappa shape index (κ3) is 45.5. The molecule has 6 unspecified atom stereocenters. The van der Waals surface area contributed by atoms with Crippen LogP contribution >= 0.6 is 0 Å². The Morgan fingerprint density at radius 3 is 1.44 bits per heavy atom. The molecule has 7 aliphatic carbocycles. The highest BCUT2D eigenvalue weighted by molar-refractivity contribution is 7.90. The van der Waals surface area contributed by atoms with E-state index in [0.717, 1.165) is 163 Å². The van der Waals surface area contributed by atoms with Gasteiger partial charge in [0.15, 0.2) is 0 Å². The Morgan fingerprint density at radius 2 is 1.04 bits per heavy atom. The number of amides is 1. The molecule has 0 radical (unpaired) electrons. The second-order valence-corrected chi connectivity index (χ2v) is 49.4. The Hall–Kier alpha value is -3.57. The molecule has 0 bridgehead atoms. The molecule has 12 fully saturated rings. The highest BCUT2D eigenvalue weighted by Gasteiger charge is 2.47. The van der Waals surface area contributed by atoms with Crippen molar-refractivity contribution in [2.75, 3.05) is 105 Å². The molecule has 6 heterocycles. The molecule has 0 aromatic carbocycles. The maximum Gasteiger partial charge on any atom is 0.390 e. The molecule has 12 aliphatic rings. The third-order valence-corrected chi connectivity index (χ3v) is 34.6. The van der Waals surface area contributed by atoms with Crippen LogP contribution in [0.3, 0.4) is 0 Å². The van der Waals surface area contributed by atoms with Crippen molar-refractivity contribution < 1.29 is 59.0 Å². The number of alkyl halides is 3. The lowest BCUT2D eigenvalue weighted by Crippen LogP contribution is -2.43. The van der Waals surface area contributed by atoms with E-state index in [-0.39, 0.29) is 59.0 Å². The van der Waals surface area contributed by atoms with Crippen molar-refractivity contribution in [1.29, 1.82) is 5.26 Å². The van der Waals surface area contributed by atoms with Crippen LogP contribution in [0.2, 0.25) is 0 Å². The van der Waals surface area contributed by atoms with E-state index in [2.05, 4.69) is 157 Å². The topological polar surface area (TPSA) is 227 Å². The smallest absolute Gasteiger partial charge is 0.390 e. The maximum atomic E-state index is 12.0. The van der Waals surface area contributed by atoms with E-state index in [1.807, 2.05) is 49.9 Å². The number of aliphatic hydroxyl groups is 1. The molecular weight excluding hydrogens is 1670 g/mol. The number of carbonyl (C=O) groups is 3. The van der Waals surface area contributed by atoms with Gasteiger partial charge in [-0.05, 0) is 324 Å². The lowest BCUT2D eigenvalue weighted by molar-refractivity contribution is -0.150. The van der Waals surface area contributed by atoms with Crippen LogP contribution < -0.4 is 0 Å². The fourth-order valence-corrected chi connectivity index (χ4v) is 23.9. The Kier molecular flexibility index (Phi) is 53.1. The van der Waals surface area contributed by atoms with Gasteiger partial charge in [0, 0.05) is 102 Å². The van der Waals surface area contributed by atoms with E-state index in [0.29, 0.717) is 91.4 Å². The molecule has 13 rings (SSSR count). The third-order valence-electron chi connectivity index (χ3n) is 30.9. The molecule has 129 heavy (non-hydrogen) atoms. The second kappa shape index (κ2) is 58.2. The summed E-state index contributed by atoms with van der Waals surface area (Å²) in [4.78, 5) is 52.4. The largest absolute Gasteiger partial charge is 0.465 e. The van der Waals surface area contributed by atoms with E-state index in [4.69, 9.17) is 19.8 Å². The number of halogens is 3. The number of hydrogen-bond acceptors (Lipinski definition) is 16. The standard InChI is InChI=1S/2C16H28O2.C14H23N3.C12H22F3N.C11H16N2O.C11H21NO2S.C11H23NO.C10H21NO2S.2C2H6/c1-12(2)14-6-4-13(5-7-14)10-15(17)18-11-16(3)8-9-16;1-12(2)14-9-7-13(8-10-14)11-16(17)18-15-5-3-4-6-15;1-11(2)14-4-5-17(8-12(14)3)9-13-6-15-10-16-7-13;1-11(2,3)10-4-7-16(8-5-10)9-6-12(13,14)15;1-8-3-2-4-13(7-8)11(14)10-5-9(10)6-12;1-9-3-5-10(6-4-9)12(2)15(13,14)11-7-8-11;1-11(2,3)10-4-6-12(7-5-10)8-9-13;1-8(2)10-5-6-11(7-9(10)3)14(4,12)13;2*1-2/h12-14H,4-11H2,1-3H3;12-15H,3-11H2,1-2H3;6-7,10-12,14H,4-5,8-9H2,1-3H3;10H,4-9H2,1-3H3;8-10H,2-5,7H2,1H3;9-11H,3-8H2,1-2H3;10,13H,4-9H2,1-3H3;8-10H,5-7H2,1-4H3;2*1-2H3/t;;;;8-,9?,10?;;;;;/m....1...../s1. The van der Waals surface area contributed by atoms with Crippen molar-refractivity contribution in [2.45, 2.75) is 395 Å². The van der Waals surface area contributed by atoms with Gasteiger partial charge in [0.05, 0.1) is 49.0 Å². The first-order valence-electron chi connectivity index (χ1n) is 52.1. The molecule has 5 aliphatic heterocycles. The van der Waals surface area contributed by atoms with E-state index in [1.54, 1.807) is 22.0 Å². The summed E-state index contributed by atoms with van der Waals surface area (Å²) in [6.45, 7) is 63.8. The van der Waals surface area contributed by atoms with Gasteiger partial charge in [0.2, 0.25) is 26.0 Å². The summed E-state index contributed by atoms with van der Waals surface area (Å²) in [5.74, 6) is 12.1.